The van der Waals surface area contributed by atoms with Crippen molar-refractivity contribution < 1.29 is 14.5 Å². The van der Waals surface area contributed by atoms with Gasteiger partial charge in [0.25, 0.3) is 0 Å². The van der Waals surface area contributed by atoms with Crippen molar-refractivity contribution in [2.45, 2.75) is 0 Å². The summed E-state index contributed by atoms with van der Waals surface area (Å²) in [7, 11) is 1.32. The molecule has 21 heavy (non-hydrogen) atoms. The number of methoxy groups -OCH3 is 1. The predicted molar refractivity (Wildman–Crippen MR) is 77.4 cm³/mol. The standard InChI is InChI=1S/C13H9N3O4S/c1-20-13(17)7-2-3-8-9(6-7)15-12(14-8)10-4-5-11(21-10)16(18)19/h2-6H,1H3,(H,14,15). The number of nitrogens with one attached hydrogen (secondary N) is 1. The molecule has 0 fully saturated rings. The Kier molecular flexibility index (Phi) is 3.15. The predicted octanol–water partition coefficient (Wildman–Crippen LogP) is 2.99. The monoisotopic (exact) mass is 303 g/mol. The molecule has 106 valence electrons. The molecular weight excluding hydrogens is 294 g/mol. The van der Waals surface area contributed by atoms with Crippen LogP contribution in [0.1, 0.15) is 10.4 Å². The molecule has 7 nitrogen and oxygen atoms in total. The van der Waals surface area contributed by atoms with Crippen molar-refractivity contribution >= 4 is 33.3 Å². The van der Waals surface area contributed by atoms with Crippen molar-refractivity contribution in [3.8, 4) is 10.7 Å². The number of H-pyrrole nitrogens is 1. The molecule has 1 N–H and O–H groups in total. The van der Waals surface area contributed by atoms with Gasteiger partial charge in [-0.25, -0.2) is 9.78 Å². The zero-order chi connectivity index (χ0) is 15.0. The molecule has 3 rings (SSSR count). The third-order valence-corrected chi connectivity index (χ3v) is 3.95. The Bertz CT molecular complexity index is 852. The minimum Gasteiger partial charge on any atom is -0.465 e. The molecule has 1 aromatic carbocycles. The molecular formula is C13H9N3O4S. The number of esters is 1. The van der Waals surface area contributed by atoms with Crippen LogP contribution in [0.5, 0.6) is 0 Å². The molecule has 0 saturated heterocycles. The molecule has 0 radical (unpaired) electrons. The van der Waals surface area contributed by atoms with Crippen LogP contribution in [0, 0.1) is 10.1 Å². The average molecular weight is 303 g/mol. The number of carbonyl (C=O) groups excluding carboxylic acids is 1. The summed E-state index contributed by atoms with van der Waals surface area (Å²) in [6.45, 7) is 0. The first-order valence-corrected chi connectivity index (χ1v) is 6.73. The Hall–Kier alpha value is -2.74. The van der Waals surface area contributed by atoms with E-state index >= 15 is 0 Å². The van der Waals surface area contributed by atoms with E-state index in [0.29, 0.717) is 27.3 Å². The maximum Gasteiger partial charge on any atom is 0.337 e. The number of aromatic amines is 1. The van der Waals surface area contributed by atoms with Gasteiger partial charge in [0.05, 0.1) is 33.5 Å². The molecule has 0 unspecified atom stereocenters. The number of nitrogens with zero attached hydrogens (tertiary/aromatic N) is 2. The molecule has 2 heterocycles. The number of fused-ring (bicyclic) bond motifs is 1. The normalized spacial score (nSPS) is 10.7. The third kappa shape index (κ3) is 2.36. The molecule has 0 spiro atoms. The van der Waals surface area contributed by atoms with Crippen molar-refractivity contribution in [2.75, 3.05) is 7.11 Å². The Balaban J connectivity index is 2.03. The van der Waals surface area contributed by atoms with Crippen molar-refractivity contribution in [3.63, 3.8) is 0 Å². The van der Waals surface area contributed by atoms with Crippen molar-refractivity contribution in [1.29, 1.82) is 0 Å². The number of carbonyl (C=O) groups is 1. The molecule has 0 aliphatic heterocycles. The molecule has 0 saturated carbocycles. The molecule has 0 aliphatic rings. The molecule has 2 aromatic heterocycles. The third-order valence-electron chi connectivity index (χ3n) is 2.91. The second-order valence-corrected chi connectivity index (χ2v) is 5.27. The summed E-state index contributed by atoms with van der Waals surface area (Å²) >= 11 is 1.04. The van der Waals surface area contributed by atoms with Crippen LogP contribution in [0.3, 0.4) is 0 Å². The summed E-state index contributed by atoms with van der Waals surface area (Å²) in [6.07, 6.45) is 0. The van der Waals surface area contributed by atoms with E-state index in [0.717, 1.165) is 11.3 Å². The van der Waals surface area contributed by atoms with E-state index in [1.165, 1.54) is 13.2 Å². The zero-order valence-corrected chi connectivity index (χ0v) is 11.6. The molecule has 0 aliphatic carbocycles. The second-order valence-electron chi connectivity index (χ2n) is 4.20. The largest absolute Gasteiger partial charge is 0.465 e. The molecule has 0 atom stereocenters. The van der Waals surface area contributed by atoms with E-state index in [2.05, 4.69) is 14.7 Å². The Morgan fingerprint density at radius 2 is 2.19 bits per heavy atom. The van der Waals surface area contributed by atoms with Crippen LogP contribution in [0.2, 0.25) is 0 Å². The lowest BCUT2D eigenvalue weighted by atomic mass is 10.2. The summed E-state index contributed by atoms with van der Waals surface area (Å²) in [5.41, 5.74) is 1.76. The average Bonchev–Trinajstić information content (AvgIpc) is 3.11. The van der Waals surface area contributed by atoms with Gasteiger partial charge in [-0.3, -0.25) is 10.1 Å². The lowest BCUT2D eigenvalue weighted by Gasteiger charge is -1.97. The minimum absolute atomic E-state index is 0.0562. The number of aromatic nitrogens is 2. The van der Waals surface area contributed by atoms with Gasteiger partial charge in [0.15, 0.2) is 0 Å². The fourth-order valence-electron chi connectivity index (χ4n) is 1.92. The van der Waals surface area contributed by atoms with Crippen LogP contribution in [0.25, 0.3) is 21.7 Å². The van der Waals surface area contributed by atoms with Crippen LogP contribution in [0.15, 0.2) is 30.3 Å². The fraction of sp³-hybridized carbons (Fsp3) is 0.0769. The van der Waals surface area contributed by atoms with E-state index in [1.54, 1.807) is 24.3 Å². The van der Waals surface area contributed by atoms with Gasteiger partial charge in [-0.2, -0.15) is 0 Å². The number of rotatable bonds is 3. The van der Waals surface area contributed by atoms with Crippen molar-refractivity contribution in [2.24, 2.45) is 0 Å². The highest BCUT2D eigenvalue weighted by molar-refractivity contribution is 7.18. The van der Waals surface area contributed by atoms with Gasteiger partial charge in [0.2, 0.25) is 0 Å². The van der Waals surface area contributed by atoms with Crippen LogP contribution < -0.4 is 0 Å². The van der Waals surface area contributed by atoms with Gasteiger partial charge in [0, 0.05) is 6.07 Å². The highest BCUT2D eigenvalue weighted by atomic mass is 32.1. The zero-order valence-electron chi connectivity index (χ0n) is 10.8. The van der Waals surface area contributed by atoms with E-state index in [1.807, 2.05) is 0 Å². The van der Waals surface area contributed by atoms with Crippen molar-refractivity contribution in [1.82, 2.24) is 9.97 Å². The first-order valence-electron chi connectivity index (χ1n) is 5.91. The number of thiophene rings is 1. The Morgan fingerprint density at radius 3 is 2.86 bits per heavy atom. The van der Waals surface area contributed by atoms with Gasteiger partial charge in [-0.1, -0.05) is 11.3 Å². The lowest BCUT2D eigenvalue weighted by Crippen LogP contribution is -2.00. The highest BCUT2D eigenvalue weighted by Crippen LogP contribution is 2.32. The van der Waals surface area contributed by atoms with Crippen LogP contribution in [-0.4, -0.2) is 28.0 Å². The summed E-state index contributed by atoms with van der Waals surface area (Å²) in [5, 5.41) is 10.8. The van der Waals surface area contributed by atoms with E-state index < -0.39 is 10.9 Å². The number of ether oxygens (including phenoxy) is 1. The number of benzene rings is 1. The van der Waals surface area contributed by atoms with Crippen LogP contribution in [-0.2, 0) is 4.74 Å². The fourth-order valence-corrected chi connectivity index (χ4v) is 2.69. The topological polar surface area (TPSA) is 98.1 Å². The molecule has 0 bridgehead atoms. The van der Waals surface area contributed by atoms with E-state index in [-0.39, 0.29) is 5.00 Å². The minimum atomic E-state index is -0.438. The Labute approximate surface area is 122 Å². The first-order chi connectivity index (χ1) is 10.1. The maximum absolute atomic E-state index is 11.5. The lowest BCUT2D eigenvalue weighted by molar-refractivity contribution is -0.380. The number of hydrogen-bond acceptors (Lipinski definition) is 6. The van der Waals surface area contributed by atoms with Gasteiger partial charge in [-0.05, 0) is 24.3 Å². The van der Waals surface area contributed by atoms with E-state index in [4.69, 9.17) is 0 Å². The smallest absolute Gasteiger partial charge is 0.337 e. The van der Waals surface area contributed by atoms with Gasteiger partial charge in [0.1, 0.15) is 5.82 Å². The second kappa shape index (κ2) is 4.98. The number of imidazole rings is 1. The van der Waals surface area contributed by atoms with Gasteiger partial charge in [-0.15, -0.1) is 0 Å². The van der Waals surface area contributed by atoms with Crippen LogP contribution in [0.4, 0.5) is 5.00 Å². The maximum atomic E-state index is 11.5. The number of hydrogen-bond donors (Lipinski definition) is 1. The quantitative estimate of drug-likeness (QED) is 0.455. The molecule has 8 heteroatoms. The molecule has 0 amide bonds. The molecule has 3 aromatic rings. The SMILES string of the molecule is COC(=O)c1ccc2nc(-c3ccc([N+](=O)[O-])s3)[nH]c2c1. The highest BCUT2D eigenvalue weighted by Gasteiger charge is 2.14. The van der Waals surface area contributed by atoms with Gasteiger partial charge < -0.3 is 9.72 Å². The Morgan fingerprint density at radius 1 is 1.38 bits per heavy atom. The summed E-state index contributed by atoms with van der Waals surface area (Å²) in [6, 6.07) is 8.04. The first kappa shape index (κ1) is 13.3. The van der Waals surface area contributed by atoms with Crippen LogP contribution >= 0.6 is 11.3 Å². The van der Waals surface area contributed by atoms with Crippen molar-refractivity contribution in [3.05, 3.63) is 46.0 Å². The summed E-state index contributed by atoms with van der Waals surface area (Å²) in [5.74, 6) is 0.102. The van der Waals surface area contributed by atoms with Gasteiger partial charge >= 0.3 is 11.0 Å². The summed E-state index contributed by atoms with van der Waals surface area (Å²) in [4.78, 5) is 29.8. The van der Waals surface area contributed by atoms with E-state index in [9.17, 15) is 14.9 Å². The number of nitro groups is 1. The summed E-state index contributed by atoms with van der Waals surface area (Å²) < 4.78 is 4.66.